The van der Waals surface area contributed by atoms with E-state index in [0.717, 1.165) is 25.9 Å². The van der Waals surface area contributed by atoms with Gasteiger partial charge in [-0.25, -0.2) is 0 Å². The number of hydrogen-bond acceptors (Lipinski definition) is 2. The zero-order valence-electron chi connectivity index (χ0n) is 10.6. The molecule has 1 saturated carbocycles. The van der Waals surface area contributed by atoms with E-state index < -0.39 is 11.9 Å². The van der Waals surface area contributed by atoms with Crippen LogP contribution >= 0.6 is 0 Å². The van der Waals surface area contributed by atoms with Gasteiger partial charge in [-0.2, -0.15) is 0 Å². The minimum atomic E-state index is -0.819. The lowest BCUT2D eigenvalue weighted by Crippen LogP contribution is -2.40. The van der Waals surface area contributed by atoms with Crippen LogP contribution in [0.2, 0.25) is 0 Å². The minimum Gasteiger partial charge on any atom is -0.481 e. The molecule has 2 fully saturated rings. The minimum absolute atomic E-state index is 0.0691. The molecule has 0 aromatic rings. The lowest BCUT2D eigenvalue weighted by molar-refractivity contribution is -0.142. The maximum absolute atomic E-state index is 12.0. The number of carboxylic acid groups (broad SMARTS) is 1. The van der Waals surface area contributed by atoms with E-state index >= 15 is 0 Å². The summed E-state index contributed by atoms with van der Waals surface area (Å²) in [6, 6.07) is 0. The molecular formula is C13H21NO3. The molecule has 0 bridgehead atoms. The first-order chi connectivity index (χ1) is 8.00. The van der Waals surface area contributed by atoms with Gasteiger partial charge in [0.2, 0.25) is 5.91 Å². The van der Waals surface area contributed by atoms with E-state index in [2.05, 4.69) is 13.8 Å². The van der Waals surface area contributed by atoms with Gasteiger partial charge in [-0.05, 0) is 31.1 Å². The summed E-state index contributed by atoms with van der Waals surface area (Å²) in [5.41, 5.74) is 0. The summed E-state index contributed by atoms with van der Waals surface area (Å²) in [4.78, 5) is 24.6. The normalized spacial score (nSPS) is 29.5. The summed E-state index contributed by atoms with van der Waals surface area (Å²) in [5, 5.41) is 8.82. The Kier molecular flexibility index (Phi) is 3.40. The first-order valence-corrected chi connectivity index (χ1v) is 6.52. The quantitative estimate of drug-likeness (QED) is 0.814. The molecule has 0 spiro atoms. The number of carboxylic acids is 1. The zero-order chi connectivity index (χ0) is 12.6. The number of likely N-dealkylation sites (tertiary alicyclic amines) is 1. The number of rotatable bonds is 3. The van der Waals surface area contributed by atoms with Crippen LogP contribution in [0.4, 0.5) is 0 Å². The maximum atomic E-state index is 12.0. The maximum Gasteiger partial charge on any atom is 0.307 e. The number of aliphatic carboxylic acids is 1. The van der Waals surface area contributed by atoms with Gasteiger partial charge in [0, 0.05) is 13.1 Å². The molecule has 4 nitrogen and oxygen atoms in total. The second-order valence-corrected chi connectivity index (χ2v) is 5.69. The fourth-order valence-electron chi connectivity index (χ4n) is 2.76. The number of carbonyl (C=O) groups excluding carboxylic acids is 1. The van der Waals surface area contributed by atoms with Crippen molar-refractivity contribution in [2.24, 2.45) is 23.7 Å². The Labute approximate surface area is 102 Å². The summed E-state index contributed by atoms with van der Waals surface area (Å²) in [5.74, 6) is 0.00177. The SMILES string of the molecule is CC(C)C1CCN(C(=O)[C@@H]2C[C@@H]2C(=O)O)CC1. The van der Waals surface area contributed by atoms with Crippen LogP contribution in [0.5, 0.6) is 0 Å². The first kappa shape index (κ1) is 12.4. The molecule has 1 N–H and O–H groups in total. The number of carbonyl (C=O) groups is 2. The van der Waals surface area contributed by atoms with Crippen LogP contribution in [-0.2, 0) is 9.59 Å². The smallest absolute Gasteiger partial charge is 0.307 e. The number of hydrogen-bond donors (Lipinski definition) is 1. The van der Waals surface area contributed by atoms with E-state index in [0.29, 0.717) is 18.3 Å². The summed E-state index contributed by atoms with van der Waals surface area (Å²) in [6.07, 6.45) is 2.67. The van der Waals surface area contributed by atoms with Crippen LogP contribution in [0.25, 0.3) is 0 Å². The molecule has 96 valence electrons. The highest BCUT2D eigenvalue weighted by Gasteiger charge is 2.50. The Hall–Kier alpha value is -1.06. The van der Waals surface area contributed by atoms with Crippen LogP contribution in [0, 0.1) is 23.7 Å². The molecule has 2 aliphatic rings. The van der Waals surface area contributed by atoms with E-state index in [1.807, 2.05) is 4.90 Å². The van der Waals surface area contributed by atoms with Gasteiger partial charge in [-0.15, -0.1) is 0 Å². The van der Waals surface area contributed by atoms with Gasteiger partial charge >= 0.3 is 5.97 Å². The molecule has 2 rings (SSSR count). The number of nitrogens with zero attached hydrogens (tertiary/aromatic N) is 1. The lowest BCUT2D eigenvalue weighted by atomic mass is 9.86. The molecule has 0 aromatic heterocycles. The summed E-state index contributed by atoms with van der Waals surface area (Å²) >= 11 is 0. The van der Waals surface area contributed by atoms with E-state index in [1.165, 1.54) is 0 Å². The van der Waals surface area contributed by atoms with Gasteiger partial charge in [-0.1, -0.05) is 13.8 Å². The molecule has 0 radical (unpaired) electrons. The molecule has 2 atom stereocenters. The van der Waals surface area contributed by atoms with Crippen LogP contribution in [-0.4, -0.2) is 35.0 Å². The fraction of sp³-hybridized carbons (Fsp3) is 0.846. The van der Waals surface area contributed by atoms with Crippen LogP contribution in [0.3, 0.4) is 0 Å². The van der Waals surface area contributed by atoms with Gasteiger partial charge < -0.3 is 10.0 Å². The van der Waals surface area contributed by atoms with Crippen molar-refractivity contribution in [3.63, 3.8) is 0 Å². The average molecular weight is 239 g/mol. The van der Waals surface area contributed by atoms with Crippen LogP contribution in [0.15, 0.2) is 0 Å². The molecule has 1 aliphatic carbocycles. The predicted octanol–water partition coefficient (Wildman–Crippen LogP) is 1.60. The summed E-state index contributed by atoms with van der Waals surface area (Å²) in [7, 11) is 0. The lowest BCUT2D eigenvalue weighted by Gasteiger charge is -2.34. The molecule has 17 heavy (non-hydrogen) atoms. The van der Waals surface area contributed by atoms with Crippen LogP contribution in [0.1, 0.15) is 33.1 Å². The third-order valence-electron chi connectivity index (χ3n) is 4.22. The monoisotopic (exact) mass is 239 g/mol. The summed E-state index contributed by atoms with van der Waals surface area (Å²) in [6.45, 7) is 6.07. The molecular weight excluding hydrogens is 218 g/mol. The molecule has 1 aliphatic heterocycles. The highest BCUT2D eigenvalue weighted by molar-refractivity contribution is 5.89. The number of piperidine rings is 1. The van der Waals surface area contributed by atoms with Crippen molar-refractivity contribution in [1.29, 1.82) is 0 Å². The Bertz CT molecular complexity index is 319. The predicted molar refractivity (Wildman–Crippen MR) is 63.4 cm³/mol. The van der Waals surface area contributed by atoms with E-state index in [4.69, 9.17) is 5.11 Å². The zero-order valence-corrected chi connectivity index (χ0v) is 10.6. The van der Waals surface area contributed by atoms with Crippen molar-refractivity contribution < 1.29 is 14.7 Å². The largest absolute Gasteiger partial charge is 0.481 e. The first-order valence-electron chi connectivity index (χ1n) is 6.52. The van der Waals surface area contributed by atoms with Crippen molar-refractivity contribution in [1.82, 2.24) is 4.90 Å². The molecule has 1 heterocycles. The van der Waals surface area contributed by atoms with Gasteiger partial charge in [0.15, 0.2) is 0 Å². The third kappa shape index (κ3) is 2.61. The van der Waals surface area contributed by atoms with Crippen molar-refractivity contribution >= 4 is 11.9 Å². The average Bonchev–Trinajstić information content (AvgIpc) is 3.08. The Balaban J connectivity index is 1.82. The summed E-state index contributed by atoms with van der Waals surface area (Å²) < 4.78 is 0. The van der Waals surface area contributed by atoms with E-state index in [-0.39, 0.29) is 11.8 Å². The topological polar surface area (TPSA) is 57.6 Å². The van der Waals surface area contributed by atoms with Gasteiger partial charge in [-0.3, -0.25) is 9.59 Å². The van der Waals surface area contributed by atoms with Gasteiger partial charge in [0.05, 0.1) is 11.8 Å². The molecule has 0 unspecified atom stereocenters. The van der Waals surface area contributed by atoms with Crippen molar-refractivity contribution in [2.45, 2.75) is 33.1 Å². The Morgan fingerprint density at radius 3 is 2.18 bits per heavy atom. The fourth-order valence-corrected chi connectivity index (χ4v) is 2.76. The highest BCUT2D eigenvalue weighted by atomic mass is 16.4. The Morgan fingerprint density at radius 1 is 1.18 bits per heavy atom. The van der Waals surface area contributed by atoms with E-state index in [9.17, 15) is 9.59 Å². The van der Waals surface area contributed by atoms with Crippen molar-refractivity contribution in [2.75, 3.05) is 13.1 Å². The van der Waals surface area contributed by atoms with Gasteiger partial charge in [0.1, 0.15) is 0 Å². The Morgan fingerprint density at radius 2 is 1.76 bits per heavy atom. The number of amides is 1. The second-order valence-electron chi connectivity index (χ2n) is 5.69. The standard InChI is InChI=1S/C13H21NO3/c1-8(2)9-3-5-14(6-4-9)12(15)10-7-11(10)13(16)17/h8-11H,3-7H2,1-2H3,(H,16,17)/t10-,11+/m1/s1. The molecule has 4 heteroatoms. The van der Waals surface area contributed by atoms with Crippen molar-refractivity contribution in [3.8, 4) is 0 Å². The van der Waals surface area contributed by atoms with Crippen molar-refractivity contribution in [3.05, 3.63) is 0 Å². The third-order valence-corrected chi connectivity index (χ3v) is 4.22. The molecule has 1 saturated heterocycles. The van der Waals surface area contributed by atoms with Gasteiger partial charge in [0.25, 0.3) is 0 Å². The molecule has 0 aromatic carbocycles. The molecule has 1 amide bonds. The highest BCUT2D eigenvalue weighted by Crippen LogP contribution is 2.40. The second kappa shape index (κ2) is 4.67. The van der Waals surface area contributed by atoms with Crippen LogP contribution < -0.4 is 0 Å². The van der Waals surface area contributed by atoms with E-state index in [1.54, 1.807) is 0 Å².